The van der Waals surface area contributed by atoms with Gasteiger partial charge in [-0.1, -0.05) is 358 Å². The lowest BCUT2D eigenvalue weighted by molar-refractivity contribution is 0.460. The van der Waals surface area contributed by atoms with E-state index in [0.717, 1.165) is 66.7 Å². The Morgan fingerprint density at radius 3 is 0.908 bits per heavy atom. The largest absolute Gasteiger partial charge is 0.456 e. The average molecular weight is 1470 g/mol. The molecule has 18 aromatic carbocycles. The lowest BCUT2D eigenvalue weighted by Gasteiger charge is -2.32. The van der Waals surface area contributed by atoms with Crippen LogP contribution in [-0.2, 0) is 0 Å². The van der Waals surface area contributed by atoms with E-state index in [9.17, 15) is 0 Å². The molecule has 0 bridgehead atoms. The summed E-state index contributed by atoms with van der Waals surface area (Å²) in [6, 6.07) is 146. The lowest BCUT2D eigenvalue weighted by Crippen LogP contribution is -2.14. The number of nitrogens with one attached hydrogen (secondary N) is 1. The van der Waals surface area contributed by atoms with Gasteiger partial charge in [0.2, 0.25) is 0 Å². The molecule has 0 amide bonds. The Hall–Kier alpha value is -13.3. The van der Waals surface area contributed by atoms with E-state index < -0.39 is 0 Å². The van der Waals surface area contributed by atoms with E-state index in [0.29, 0.717) is 0 Å². The highest BCUT2D eigenvalue weighted by atomic mass is 79.9. The first-order chi connectivity index (χ1) is 53.0. The fourth-order valence-corrected chi connectivity index (χ4v) is 16.1. The molecular weight excluding hydrogens is 1390 g/mol. The Labute approximate surface area is 647 Å². The van der Waals surface area contributed by atoms with Crippen molar-refractivity contribution in [3.63, 3.8) is 0 Å². The van der Waals surface area contributed by atoms with Gasteiger partial charge in [-0.05, 0) is 173 Å². The maximum absolute atomic E-state index is 6.85. The first kappa shape index (κ1) is 70.0. The molecule has 18 aromatic rings. The van der Waals surface area contributed by atoms with Gasteiger partial charge in [-0.15, -0.1) is 0 Å². The molecule has 2 atom stereocenters. The van der Waals surface area contributed by atoms with Gasteiger partial charge in [0.25, 0.3) is 0 Å². The van der Waals surface area contributed by atoms with E-state index in [4.69, 9.17) is 9.47 Å². The molecule has 0 aromatic heterocycles. The Kier molecular flexibility index (Phi) is 20.2. The Morgan fingerprint density at radius 1 is 0.239 bits per heavy atom. The van der Waals surface area contributed by atoms with E-state index in [1.165, 1.54) is 110 Å². The molecule has 2 heterocycles. The smallest absolute Gasteiger partial charge is 0.140 e. The van der Waals surface area contributed by atoms with Crippen molar-refractivity contribution in [2.75, 3.05) is 10.2 Å². The number of halogens is 1. The summed E-state index contributed by atoms with van der Waals surface area (Å²) in [6.07, 6.45) is 0. The zero-order chi connectivity index (χ0) is 71.4. The molecule has 0 saturated heterocycles. The number of benzene rings is 18. The summed E-state index contributed by atoms with van der Waals surface area (Å²) in [4.78, 5) is 2.37. The molecule has 2 aliphatic rings. The maximum atomic E-state index is 6.85. The van der Waals surface area contributed by atoms with Crippen LogP contribution in [-0.4, -0.2) is 0 Å². The molecule has 1 N–H and O–H groups in total. The number of hydrogen-bond donors (Lipinski definition) is 1. The van der Waals surface area contributed by atoms with Crippen molar-refractivity contribution in [2.24, 2.45) is 0 Å². The minimum Gasteiger partial charge on any atom is -0.456 e. The quantitative estimate of drug-likeness (QED) is 0.131. The van der Waals surface area contributed by atoms with Gasteiger partial charge in [-0.3, -0.25) is 0 Å². The predicted molar refractivity (Wildman–Crippen MR) is 464 cm³/mol. The second-order valence-corrected chi connectivity index (χ2v) is 28.1. The Morgan fingerprint density at radius 2 is 0.532 bits per heavy atom. The van der Waals surface area contributed by atoms with Gasteiger partial charge in [0, 0.05) is 77.8 Å². The van der Waals surface area contributed by atoms with Crippen LogP contribution in [0.4, 0.5) is 28.4 Å². The molecule has 0 saturated carbocycles. The summed E-state index contributed by atoms with van der Waals surface area (Å²) < 4.78 is 14.5. The molecule has 524 valence electrons. The molecule has 0 spiro atoms. The number of fused-ring (bicyclic) bond motifs is 14. The van der Waals surface area contributed by atoms with Crippen molar-refractivity contribution in [2.45, 2.75) is 26.7 Å². The van der Waals surface area contributed by atoms with E-state index >= 15 is 0 Å². The lowest BCUT2D eigenvalue weighted by atomic mass is 9.79. The number of rotatable bonds is 11. The molecule has 2 unspecified atom stereocenters. The number of para-hydroxylation sites is 2. The van der Waals surface area contributed by atoms with Crippen LogP contribution in [0.3, 0.4) is 0 Å². The van der Waals surface area contributed by atoms with Crippen molar-refractivity contribution in [3.05, 3.63) is 450 Å². The van der Waals surface area contributed by atoms with E-state index in [-0.39, 0.29) is 26.7 Å². The summed E-state index contributed by atoms with van der Waals surface area (Å²) in [5.41, 5.74) is 22.5. The highest BCUT2D eigenvalue weighted by Gasteiger charge is 2.35. The summed E-state index contributed by atoms with van der Waals surface area (Å²) >= 11 is 3.67. The molecule has 109 heavy (non-hydrogen) atoms. The third-order valence-electron chi connectivity index (χ3n) is 20.7. The van der Waals surface area contributed by atoms with E-state index in [1.807, 2.05) is 18.2 Å². The van der Waals surface area contributed by atoms with Gasteiger partial charge >= 0.3 is 0 Å². The minimum atomic E-state index is -0.0350. The van der Waals surface area contributed by atoms with Crippen LogP contribution < -0.4 is 19.7 Å². The maximum Gasteiger partial charge on any atom is 0.140 e. The number of nitrogens with zero attached hydrogens (tertiary/aromatic N) is 1. The van der Waals surface area contributed by atoms with Crippen LogP contribution in [0.25, 0.3) is 87.6 Å². The highest BCUT2D eigenvalue weighted by molar-refractivity contribution is 9.10. The van der Waals surface area contributed by atoms with Gasteiger partial charge in [-0.2, -0.15) is 0 Å². The molecule has 5 heteroatoms. The summed E-state index contributed by atoms with van der Waals surface area (Å²) in [6.45, 7) is 0. The van der Waals surface area contributed by atoms with Gasteiger partial charge < -0.3 is 19.7 Å². The van der Waals surface area contributed by atoms with Crippen molar-refractivity contribution < 1.29 is 9.47 Å². The first-order valence-electron chi connectivity index (χ1n) is 36.4. The van der Waals surface area contributed by atoms with Crippen LogP contribution in [0.1, 0.15) is 60.1 Å². The monoisotopic (exact) mass is 1470 g/mol. The topological polar surface area (TPSA) is 33.7 Å². The van der Waals surface area contributed by atoms with Crippen molar-refractivity contribution in [1.29, 1.82) is 0 Å². The van der Waals surface area contributed by atoms with Gasteiger partial charge in [-0.25, -0.2) is 0 Å². The van der Waals surface area contributed by atoms with Gasteiger partial charge in [0.1, 0.15) is 23.0 Å². The fourth-order valence-electron chi connectivity index (χ4n) is 15.7. The molecular formula is C104H79BrN2O2. The Balaban J connectivity index is 0.000000136. The second kappa shape index (κ2) is 31.4. The third-order valence-corrected chi connectivity index (χ3v) is 21.2. The van der Waals surface area contributed by atoms with Crippen molar-refractivity contribution in [3.8, 4) is 67.5 Å². The minimum absolute atomic E-state index is 0. The summed E-state index contributed by atoms with van der Waals surface area (Å²) in [5.74, 6) is 3.83. The van der Waals surface area contributed by atoms with Crippen molar-refractivity contribution in [1.82, 2.24) is 0 Å². The fraction of sp³-hybridized carbons (Fsp3) is 0.0385. The summed E-state index contributed by atoms with van der Waals surface area (Å²) in [5, 5.41) is 13.2. The van der Waals surface area contributed by atoms with Crippen LogP contribution >= 0.6 is 15.9 Å². The average Bonchev–Trinajstić information content (AvgIpc) is 0.724. The Bertz CT molecular complexity index is 6050. The molecule has 0 radical (unpaired) electrons. The third kappa shape index (κ3) is 14.0. The second-order valence-electron chi connectivity index (χ2n) is 27.1. The summed E-state index contributed by atoms with van der Waals surface area (Å²) in [7, 11) is 0. The number of hydrogen-bond acceptors (Lipinski definition) is 4. The SMILES string of the molecule is Brc1cccc(C2c3ccccc3Oc3c2c2ccccc2c2ccccc32)c1.C.C.c1ccc(-c2ccc(N(c3ccc(-c4ccccc4)cc3)c3cccc(C4c5ccccc5Oc5c4c4ccccc4c4ccccc54)c3)cc2)cc1.c1ccc(-c2ccc(Nc3ccc(-c4ccccc4)cc3)cc2)cc1. The highest BCUT2D eigenvalue weighted by Crippen LogP contribution is 2.56. The van der Waals surface area contributed by atoms with Gasteiger partial charge in [0.05, 0.1) is 0 Å². The molecule has 20 rings (SSSR count). The van der Waals surface area contributed by atoms with Crippen LogP contribution in [0.2, 0.25) is 0 Å². The number of ether oxygens (including phenoxy) is 2. The first-order valence-corrected chi connectivity index (χ1v) is 37.2. The zero-order valence-corrected chi connectivity index (χ0v) is 60.1. The molecule has 0 fully saturated rings. The van der Waals surface area contributed by atoms with Gasteiger partial charge in [0.15, 0.2) is 0 Å². The number of anilines is 5. The van der Waals surface area contributed by atoms with E-state index in [2.05, 4.69) is 420 Å². The van der Waals surface area contributed by atoms with Crippen LogP contribution in [0, 0.1) is 0 Å². The standard InChI is InChI=1S/C51H35NO.C27H17BrO.C24H19N.2CH4/c1-3-14-35(15-4-1)37-26-30-40(31-27-37)52(41-32-28-38(29-33-41)36-16-5-2-6-17-36)42-19-13-18-39(34-42)49-47-24-11-12-25-48(47)53-51-46-23-10-8-21-44(46)43-20-7-9-22-45(43)50(49)51;28-18-9-7-8-17(16-18)25-23-14-5-6-15-24(23)29-27-22-13-4-2-11-20(22)19-10-1-3-12-21(19)26(25)27;1-3-7-19(8-4-1)21-11-15-23(16-12-21)25-24-17-13-22(14-18-24)20-9-5-2-6-10-20;;/h1-34,49H;1-16,25H;1-18,25H;2*1H4. The predicted octanol–water partition coefficient (Wildman–Crippen LogP) is 30.2. The molecule has 4 nitrogen and oxygen atoms in total. The van der Waals surface area contributed by atoms with Crippen LogP contribution in [0.15, 0.2) is 417 Å². The van der Waals surface area contributed by atoms with Crippen LogP contribution in [0.5, 0.6) is 23.0 Å². The van der Waals surface area contributed by atoms with E-state index in [1.54, 1.807) is 0 Å². The van der Waals surface area contributed by atoms with Crippen molar-refractivity contribution >= 4 is 87.5 Å². The molecule has 2 aliphatic heterocycles. The zero-order valence-electron chi connectivity index (χ0n) is 58.6. The molecule has 0 aliphatic carbocycles. The normalized spacial score (nSPS) is 12.8.